The molecular formula is C17H19FN4O3S. The van der Waals surface area contributed by atoms with Crippen LogP contribution in [0.1, 0.15) is 25.0 Å². The van der Waals surface area contributed by atoms with E-state index in [0.717, 1.165) is 6.21 Å². The Kier molecular flexibility index (Phi) is 6.40. The Bertz CT molecular complexity index is 948. The molecule has 2 rings (SSSR count). The van der Waals surface area contributed by atoms with Gasteiger partial charge in [0.2, 0.25) is 11.8 Å². The molecule has 0 unspecified atom stereocenters. The van der Waals surface area contributed by atoms with Crippen LogP contribution >= 0.6 is 12.2 Å². The highest BCUT2D eigenvalue weighted by Crippen LogP contribution is 2.12. The summed E-state index contributed by atoms with van der Waals surface area (Å²) < 4.78 is 15.8. The quantitative estimate of drug-likeness (QED) is 0.457. The minimum Gasteiger partial charge on any atom is -0.494 e. The third-order valence-corrected chi connectivity index (χ3v) is 4.17. The molecule has 0 radical (unpaired) electrons. The fourth-order valence-corrected chi connectivity index (χ4v) is 2.81. The zero-order chi connectivity index (χ0) is 19.3. The molecule has 26 heavy (non-hydrogen) atoms. The summed E-state index contributed by atoms with van der Waals surface area (Å²) in [4.78, 5) is 24.3. The maximum absolute atomic E-state index is 12.9. The van der Waals surface area contributed by atoms with Gasteiger partial charge in [-0.05, 0) is 43.8 Å². The van der Waals surface area contributed by atoms with Gasteiger partial charge in [-0.15, -0.1) is 0 Å². The average molecular weight is 378 g/mol. The summed E-state index contributed by atoms with van der Waals surface area (Å²) in [5, 5.41) is 14.0. The fraction of sp³-hybridized carbons (Fsp3) is 0.294. The number of hydrazone groups is 1. The molecule has 1 aromatic heterocycles. The predicted molar refractivity (Wildman–Crippen MR) is 98.4 cm³/mol. The number of rotatable bonds is 6. The largest absolute Gasteiger partial charge is 0.494 e. The van der Waals surface area contributed by atoms with Gasteiger partial charge in [-0.3, -0.25) is 18.7 Å². The fourth-order valence-electron chi connectivity index (χ4n) is 2.38. The van der Waals surface area contributed by atoms with E-state index in [1.54, 1.807) is 13.8 Å². The van der Waals surface area contributed by atoms with Gasteiger partial charge in [0.1, 0.15) is 11.4 Å². The summed E-state index contributed by atoms with van der Waals surface area (Å²) in [6, 6.07) is 5.52. The molecule has 0 aliphatic rings. The smallest absolute Gasteiger partial charge is 0.267 e. The van der Waals surface area contributed by atoms with E-state index in [0.29, 0.717) is 18.7 Å². The molecule has 9 heteroatoms. The van der Waals surface area contributed by atoms with E-state index in [-0.39, 0.29) is 28.5 Å². The molecule has 0 aliphatic carbocycles. The number of carbonyl (C=O) groups excluding carboxylic acids is 1. The molecule has 1 aromatic carbocycles. The molecule has 7 nitrogen and oxygen atoms in total. The number of carbonyl (C=O) groups is 1. The van der Waals surface area contributed by atoms with Gasteiger partial charge in [0.25, 0.3) is 5.56 Å². The molecule has 2 N–H and O–H groups in total. The number of benzene rings is 1. The van der Waals surface area contributed by atoms with Crippen molar-refractivity contribution in [2.75, 3.05) is 0 Å². The molecule has 0 saturated carbocycles. The van der Waals surface area contributed by atoms with E-state index in [4.69, 9.17) is 12.2 Å². The lowest BCUT2D eigenvalue weighted by atomic mass is 10.1. The molecule has 0 fully saturated rings. The molecule has 0 atom stereocenters. The van der Waals surface area contributed by atoms with E-state index < -0.39 is 11.5 Å². The van der Waals surface area contributed by atoms with Gasteiger partial charge in [-0.1, -0.05) is 12.1 Å². The number of halogens is 1. The van der Waals surface area contributed by atoms with Crippen molar-refractivity contribution in [3.63, 3.8) is 0 Å². The first-order valence-corrected chi connectivity index (χ1v) is 8.42. The lowest BCUT2D eigenvalue weighted by molar-refractivity contribution is -0.120. The van der Waals surface area contributed by atoms with Gasteiger partial charge in [-0.2, -0.15) is 5.10 Å². The third kappa shape index (κ3) is 4.23. The second-order valence-electron chi connectivity index (χ2n) is 5.41. The predicted octanol–water partition coefficient (Wildman–Crippen LogP) is 1.96. The first-order chi connectivity index (χ1) is 12.4. The van der Waals surface area contributed by atoms with E-state index >= 15 is 0 Å². The molecule has 0 saturated heterocycles. The SMILES string of the molecule is CCn1c(O)c(/C=N\NC(=O)Cc2ccc(F)cc2)c(=O)n(CC)c1=S. The standard InChI is InChI=1S/C17H19FN4O3S/c1-3-21-15(24)13(16(25)22(4-2)17(21)26)10-19-20-14(23)9-11-5-7-12(18)8-6-11/h5-8,10,24H,3-4,9H2,1-2H3,(H,20,23)/b19-10-. The molecule has 0 bridgehead atoms. The topological polar surface area (TPSA) is 88.6 Å². The van der Waals surface area contributed by atoms with Crippen LogP contribution in [-0.4, -0.2) is 26.4 Å². The van der Waals surface area contributed by atoms with Gasteiger partial charge in [0.05, 0.1) is 12.6 Å². The van der Waals surface area contributed by atoms with Crippen molar-refractivity contribution in [1.82, 2.24) is 14.6 Å². The van der Waals surface area contributed by atoms with E-state index in [1.165, 1.54) is 33.4 Å². The first-order valence-electron chi connectivity index (χ1n) is 8.02. The molecule has 138 valence electrons. The van der Waals surface area contributed by atoms with Crippen molar-refractivity contribution in [3.05, 3.63) is 56.3 Å². The van der Waals surface area contributed by atoms with Crippen LogP contribution in [0.5, 0.6) is 5.88 Å². The van der Waals surface area contributed by atoms with Crippen molar-refractivity contribution in [3.8, 4) is 5.88 Å². The Hall–Kier alpha value is -2.81. The Labute approximate surface area is 154 Å². The molecule has 1 amide bonds. The summed E-state index contributed by atoms with van der Waals surface area (Å²) in [7, 11) is 0. The van der Waals surface area contributed by atoms with Crippen molar-refractivity contribution >= 4 is 24.3 Å². The Morgan fingerprint density at radius 3 is 2.46 bits per heavy atom. The van der Waals surface area contributed by atoms with E-state index in [1.807, 2.05) is 0 Å². The van der Waals surface area contributed by atoms with Crippen LogP contribution in [0, 0.1) is 10.6 Å². The van der Waals surface area contributed by atoms with Crippen LogP contribution < -0.4 is 11.0 Å². The van der Waals surface area contributed by atoms with Gasteiger partial charge in [0, 0.05) is 13.1 Å². The number of aromatic hydroxyl groups is 1. The summed E-state index contributed by atoms with van der Waals surface area (Å²) in [5.41, 5.74) is 2.35. The van der Waals surface area contributed by atoms with Gasteiger partial charge >= 0.3 is 0 Å². The van der Waals surface area contributed by atoms with Crippen molar-refractivity contribution in [1.29, 1.82) is 0 Å². The Morgan fingerprint density at radius 2 is 1.88 bits per heavy atom. The summed E-state index contributed by atoms with van der Waals surface area (Å²) in [6.45, 7) is 4.27. The number of aromatic nitrogens is 2. The lowest BCUT2D eigenvalue weighted by Gasteiger charge is -2.13. The van der Waals surface area contributed by atoms with Gasteiger partial charge < -0.3 is 5.11 Å². The van der Waals surface area contributed by atoms with Crippen molar-refractivity contribution < 1.29 is 14.3 Å². The van der Waals surface area contributed by atoms with Crippen molar-refractivity contribution in [2.45, 2.75) is 33.4 Å². The summed E-state index contributed by atoms with van der Waals surface area (Å²) >= 11 is 5.19. The molecule has 0 aliphatic heterocycles. The Morgan fingerprint density at radius 1 is 1.27 bits per heavy atom. The number of nitrogens with zero attached hydrogens (tertiary/aromatic N) is 3. The highest BCUT2D eigenvalue weighted by molar-refractivity contribution is 7.71. The summed E-state index contributed by atoms with van der Waals surface area (Å²) in [6.07, 6.45) is 1.09. The maximum Gasteiger partial charge on any atom is 0.267 e. The van der Waals surface area contributed by atoms with E-state index in [9.17, 15) is 19.1 Å². The zero-order valence-electron chi connectivity index (χ0n) is 14.4. The first kappa shape index (κ1) is 19.5. The van der Waals surface area contributed by atoms with Crippen LogP contribution in [0.4, 0.5) is 4.39 Å². The van der Waals surface area contributed by atoms with E-state index in [2.05, 4.69) is 10.5 Å². The second kappa shape index (κ2) is 8.52. The summed E-state index contributed by atoms with van der Waals surface area (Å²) in [5.74, 6) is -1.13. The third-order valence-electron chi connectivity index (χ3n) is 3.73. The Balaban J connectivity index is 2.20. The minimum absolute atomic E-state index is 0.00283. The average Bonchev–Trinajstić information content (AvgIpc) is 2.60. The molecule has 2 aromatic rings. The maximum atomic E-state index is 12.9. The zero-order valence-corrected chi connectivity index (χ0v) is 15.2. The lowest BCUT2D eigenvalue weighted by Crippen LogP contribution is -2.28. The number of nitrogens with one attached hydrogen (secondary N) is 1. The van der Waals surface area contributed by atoms with Crippen LogP contribution in [0.25, 0.3) is 0 Å². The number of hydrogen-bond donors (Lipinski definition) is 2. The normalized spacial score (nSPS) is 11.0. The molecule has 1 heterocycles. The van der Waals surface area contributed by atoms with Crippen LogP contribution in [0.15, 0.2) is 34.2 Å². The highest BCUT2D eigenvalue weighted by atomic mass is 32.1. The number of amides is 1. The van der Waals surface area contributed by atoms with Gasteiger partial charge in [-0.25, -0.2) is 9.82 Å². The van der Waals surface area contributed by atoms with Crippen molar-refractivity contribution in [2.24, 2.45) is 5.10 Å². The van der Waals surface area contributed by atoms with Crippen LogP contribution in [0.3, 0.4) is 0 Å². The minimum atomic E-state index is -0.490. The molecule has 0 spiro atoms. The highest BCUT2D eigenvalue weighted by Gasteiger charge is 2.14. The van der Waals surface area contributed by atoms with Crippen LogP contribution in [0.2, 0.25) is 0 Å². The van der Waals surface area contributed by atoms with Gasteiger partial charge in [0.15, 0.2) is 4.77 Å². The second-order valence-corrected chi connectivity index (χ2v) is 5.78. The molecular weight excluding hydrogens is 359 g/mol. The number of hydrogen-bond acceptors (Lipinski definition) is 5. The monoisotopic (exact) mass is 378 g/mol. The van der Waals surface area contributed by atoms with Crippen LogP contribution in [-0.2, 0) is 24.3 Å².